The van der Waals surface area contributed by atoms with Crippen molar-refractivity contribution in [1.29, 1.82) is 0 Å². The van der Waals surface area contributed by atoms with Gasteiger partial charge in [0.1, 0.15) is 0 Å². The molecule has 6 nitrogen and oxygen atoms in total. The molecule has 0 saturated carbocycles. The van der Waals surface area contributed by atoms with Crippen molar-refractivity contribution >= 4 is 29.4 Å². The van der Waals surface area contributed by atoms with Crippen LogP contribution in [-0.4, -0.2) is 33.1 Å². The summed E-state index contributed by atoms with van der Waals surface area (Å²) < 4.78 is 6.29. The number of hydrogen-bond donors (Lipinski definition) is 0. The van der Waals surface area contributed by atoms with Gasteiger partial charge >= 0.3 is 0 Å². The third-order valence-electron chi connectivity index (χ3n) is 5.11. The standard InChI is InChI=1S/C25H26N4O2S/c1-3-4-10-17-32-25-26-24-23(27-28-25)20-13-8-9-14-21(20)29(18(2)30)22(31-24)16-15-19-11-6-5-7-12-19/h5-9,11-16,22H,3-4,10,17H2,1-2H3/b16-15+/t22-/m1/s1. The van der Waals surface area contributed by atoms with Crippen molar-refractivity contribution in [1.82, 2.24) is 15.2 Å². The minimum Gasteiger partial charge on any atom is -0.448 e. The summed E-state index contributed by atoms with van der Waals surface area (Å²) in [4.78, 5) is 19.0. The van der Waals surface area contributed by atoms with Gasteiger partial charge in [0, 0.05) is 18.2 Å². The molecule has 0 unspecified atom stereocenters. The van der Waals surface area contributed by atoms with Crippen molar-refractivity contribution < 1.29 is 9.53 Å². The van der Waals surface area contributed by atoms with E-state index >= 15 is 0 Å². The fourth-order valence-electron chi connectivity index (χ4n) is 3.55. The molecule has 1 aliphatic rings. The summed E-state index contributed by atoms with van der Waals surface area (Å²) in [5.41, 5.74) is 3.06. The van der Waals surface area contributed by atoms with Crippen LogP contribution >= 0.6 is 11.8 Å². The maximum absolute atomic E-state index is 12.7. The van der Waals surface area contributed by atoms with Crippen molar-refractivity contribution in [2.75, 3.05) is 10.7 Å². The quantitative estimate of drug-likeness (QED) is 0.347. The Labute approximate surface area is 192 Å². The number of ether oxygens (including phenoxy) is 1. The maximum Gasteiger partial charge on any atom is 0.247 e. The maximum atomic E-state index is 12.7. The number of fused-ring (bicyclic) bond motifs is 3. The summed E-state index contributed by atoms with van der Waals surface area (Å²) in [5.74, 6) is 1.19. The molecule has 7 heteroatoms. The number of hydrogen-bond acceptors (Lipinski definition) is 6. The number of anilines is 1. The van der Waals surface area contributed by atoms with E-state index in [1.807, 2.05) is 66.7 Å². The van der Waals surface area contributed by atoms with Crippen LogP contribution in [0.15, 0.2) is 65.8 Å². The number of nitrogens with zero attached hydrogens (tertiary/aromatic N) is 4. The predicted octanol–water partition coefficient (Wildman–Crippen LogP) is 5.61. The van der Waals surface area contributed by atoms with Gasteiger partial charge in [-0.3, -0.25) is 9.69 Å². The number of carbonyl (C=O) groups excluding carboxylic acids is 1. The summed E-state index contributed by atoms with van der Waals surface area (Å²) >= 11 is 1.58. The molecule has 32 heavy (non-hydrogen) atoms. The van der Waals surface area contributed by atoms with Gasteiger partial charge in [0.05, 0.1) is 5.69 Å². The average Bonchev–Trinajstić information content (AvgIpc) is 2.95. The third-order valence-corrected chi connectivity index (χ3v) is 6.04. The summed E-state index contributed by atoms with van der Waals surface area (Å²) in [7, 11) is 0. The normalized spacial score (nSPS) is 15.1. The van der Waals surface area contributed by atoms with Crippen LogP contribution in [0.5, 0.6) is 5.88 Å². The lowest BCUT2D eigenvalue weighted by atomic mass is 10.1. The molecule has 164 valence electrons. The minimum absolute atomic E-state index is 0.130. The molecule has 3 aromatic rings. The van der Waals surface area contributed by atoms with E-state index in [2.05, 4.69) is 22.1 Å². The van der Waals surface area contributed by atoms with Crippen molar-refractivity contribution in [3.63, 3.8) is 0 Å². The smallest absolute Gasteiger partial charge is 0.247 e. The number of aromatic nitrogens is 3. The Bertz CT molecular complexity index is 1100. The molecule has 2 aromatic carbocycles. The monoisotopic (exact) mass is 446 g/mol. The molecule has 0 fully saturated rings. The second-order valence-corrected chi connectivity index (χ2v) is 8.55. The van der Waals surface area contributed by atoms with Crippen molar-refractivity contribution in [2.45, 2.75) is 44.5 Å². The number of rotatable bonds is 7. The number of thioether (sulfide) groups is 1. The Kier molecular flexibility index (Phi) is 7.17. The highest BCUT2D eigenvalue weighted by molar-refractivity contribution is 7.99. The van der Waals surface area contributed by atoms with Crippen molar-refractivity contribution in [3.8, 4) is 17.1 Å². The van der Waals surface area contributed by atoms with Gasteiger partial charge < -0.3 is 4.74 Å². The third kappa shape index (κ3) is 4.99. The average molecular weight is 447 g/mol. The van der Waals surface area contributed by atoms with Gasteiger partial charge in [0.2, 0.25) is 16.9 Å². The largest absolute Gasteiger partial charge is 0.448 e. The van der Waals surface area contributed by atoms with E-state index in [9.17, 15) is 4.79 Å². The molecular formula is C25H26N4O2S. The van der Waals surface area contributed by atoms with E-state index in [0.29, 0.717) is 16.7 Å². The highest BCUT2D eigenvalue weighted by atomic mass is 32.2. The van der Waals surface area contributed by atoms with Gasteiger partial charge in [-0.15, -0.1) is 10.2 Å². The van der Waals surface area contributed by atoms with Gasteiger partial charge in [0.15, 0.2) is 11.9 Å². The van der Waals surface area contributed by atoms with Crippen molar-refractivity contribution in [3.05, 3.63) is 66.2 Å². The van der Waals surface area contributed by atoms with E-state index < -0.39 is 6.23 Å². The molecule has 2 heterocycles. The Morgan fingerprint density at radius 3 is 2.66 bits per heavy atom. The summed E-state index contributed by atoms with van der Waals surface area (Å²) in [6.07, 6.45) is 6.60. The van der Waals surface area contributed by atoms with Gasteiger partial charge in [0.25, 0.3) is 0 Å². The Hall–Kier alpha value is -3.19. The fourth-order valence-corrected chi connectivity index (χ4v) is 4.32. The molecule has 0 bridgehead atoms. The molecule has 4 rings (SSSR count). The first-order chi connectivity index (χ1) is 15.7. The Morgan fingerprint density at radius 1 is 1.09 bits per heavy atom. The molecule has 0 spiro atoms. The molecule has 0 saturated heterocycles. The molecule has 0 aliphatic carbocycles. The zero-order valence-corrected chi connectivity index (χ0v) is 19.1. The summed E-state index contributed by atoms with van der Waals surface area (Å²) in [5, 5.41) is 9.35. The number of carbonyl (C=O) groups is 1. The van der Waals surface area contributed by atoms with Crippen LogP contribution in [-0.2, 0) is 4.79 Å². The van der Waals surface area contributed by atoms with Gasteiger partial charge in [-0.1, -0.05) is 86.1 Å². The molecular weight excluding hydrogens is 420 g/mol. The van der Waals surface area contributed by atoms with E-state index in [-0.39, 0.29) is 5.91 Å². The zero-order chi connectivity index (χ0) is 22.3. The van der Waals surface area contributed by atoms with E-state index in [4.69, 9.17) is 4.74 Å². The number of para-hydroxylation sites is 1. The lowest BCUT2D eigenvalue weighted by Crippen LogP contribution is -2.41. The first-order valence-corrected chi connectivity index (χ1v) is 11.8. The van der Waals surface area contributed by atoms with E-state index in [1.54, 1.807) is 16.7 Å². The van der Waals surface area contributed by atoms with E-state index in [1.165, 1.54) is 19.8 Å². The second-order valence-electron chi connectivity index (χ2n) is 7.49. The molecule has 0 radical (unpaired) electrons. The Balaban J connectivity index is 1.73. The highest BCUT2D eigenvalue weighted by Gasteiger charge is 2.32. The molecule has 1 amide bonds. The topological polar surface area (TPSA) is 68.2 Å². The molecule has 1 aromatic heterocycles. The van der Waals surface area contributed by atoms with Crippen LogP contribution in [0.3, 0.4) is 0 Å². The fraction of sp³-hybridized carbons (Fsp3) is 0.280. The van der Waals surface area contributed by atoms with Crippen LogP contribution in [0, 0.1) is 0 Å². The Morgan fingerprint density at radius 2 is 1.88 bits per heavy atom. The van der Waals surface area contributed by atoms with Crippen LogP contribution in [0.2, 0.25) is 0 Å². The van der Waals surface area contributed by atoms with Crippen LogP contribution in [0.25, 0.3) is 17.3 Å². The summed E-state index contributed by atoms with van der Waals surface area (Å²) in [6, 6.07) is 17.5. The van der Waals surface area contributed by atoms with Crippen LogP contribution in [0.4, 0.5) is 5.69 Å². The molecule has 1 aliphatic heterocycles. The first-order valence-electron chi connectivity index (χ1n) is 10.8. The predicted molar refractivity (Wildman–Crippen MR) is 129 cm³/mol. The lowest BCUT2D eigenvalue weighted by molar-refractivity contribution is -0.117. The van der Waals surface area contributed by atoms with Crippen LogP contribution < -0.4 is 9.64 Å². The molecule has 1 atom stereocenters. The van der Waals surface area contributed by atoms with Gasteiger partial charge in [-0.05, 0) is 24.1 Å². The summed E-state index contributed by atoms with van der Waals surface area (Å²) in [6.45, 7) is 3.72. The number of unbranched alkanes of at least 4 members (excludes halogenated alkanes) is 2. The highest BCUT2D eigenvalue weighted by Crippen LogP contribution is 2.39. The zero-order valence-electron chi connectivity index (χ0n) is 18.3. The number of amides is 1. The van der Waals surface area contributed by atoms with Gasteiger partial charge in [-0.25, -0.2) is 0 Å². The molecule has 0 N–H and O–H groups in total. The van der Waals surface area contributed by atoms with Crippen LogP contribution in [0.1, 0.15) is 38.7 Å². The lowest BCUT2D eigenvalue weighted by Gasteiger charge is -2.27. The minimum atomic E-state index is -0.662. The first kappa shape index (κ1) is 22.0. The number of benzene rings is 2. The van der Waals surface area contributed by atoms with Crippen molar-refractivity contribution in [2.24, 2.45) is 0 Å². The second kappa shape index (κ2) is 10.4. The SMILES string of the molecule is CCCCCSc1nnc2c(n1)O[C@H](/C=C/c1ccccc1)N(C(C)=O)c1ccccc1-2. The van der Waals surface area contributed by atoms with Gasteiger partial charge in [-0.2, -0.15) is 4.98 Å². The van der Waals surface area contributed by atoms with E-state index in [0.717, 1.165) is 29.0 Å².